The molecule has 0 radical (unpaired) electrons. The number of carbonyl (C=O) groups is 1. The molecule has 27 heavy (non-hydrogen) atoms. The van der Waals surface area contributed by atoms with E-state index < -0.39 is 0 Å². The van der Waals surface area contributed by atoms with Gasteiger partial charge in [-0.2, -0.15) is 0 Å². The number of hydrogen-bond acceptors (Lipinski definition) is 6. The van der Waals surface area contributed by atoms with Gasteiger partial charge in [0.1, 0.15) is 11.0 Å². The molecule has 140 valence electrons. The minimum Gasteiger partial charge on any atom is -0.497 e. The van der Waals surface area contributed by atoms with Crippen molar-refractivity contribution in [1.82, 2.24) is 14.8 Å². The number of ether oxygens (including phenoxy) is 2. The molecule has 0 saturated heterocycles. The molecule has 0 unspecified atom stereocenters. The molecule has 0 aliphatic carbocycles. The Morgan fingerprint density at radius 2 is 1.81 bits per heavy atom. The van der Waals surface area contributed by atoms with Gasteiger partial charge in [0.2, 0.25) is 0 Å². The highest BCUT2D eigenvalue weighted by atomic mass is 32.2. The first kappa shape index (κ1) is 19.0. The fourth-order valence-corrected chi connectivity index (χ4v) is 3.41. The highest BCUT2D eigenvalue weighted by Gasteiger charge is 2.22. The van der Waals surface area contributed by atoms with Crippen molar-refractivity contribution >= 4 is 17.7 Å². The van der Waals surface area contributed by atoms with E-state index in [9.17, 15) is 4.79 Å². The molecule has 1 heterocycles. The van der Waals surface area contributed by atoms with Crippen LogP contribution in [0, 0.1) is 0 Å². The lowest BCUT2D eigenvalue weighted by Gasteiger charge is -2.13. The molecule has 2 aromatic carbocycles. The third kappa shape index (κ3) is 4.31. The molecular formula is C20H21N3O3S. The molecule has 3 aromatic rings. The number of para-hydroxylation sites is 1. The van der Waals surface area contributed by atoms with Gasteiger partial charge in [-0.15, -0.1) is 10.2 Å². The van der Waals surface area contributed by atoms with Crippen LogP contribution in [-0.2, 0) is 9.53 Å². The Labute approximate surface area is 162 Å². The Hall–Kier alpha value is -2.80. The van der Waals surface area contributed by atoms with Crippen molar-refractivity contribution in [3.05, 3.63) is 54.6 Å². The van der Waals surface area contributed by atoms with Crippen LogP contribution in [0.4, 0.5) is 0 Å². The number of methoxy groups -OCH3 is 1. The van der Waals surface area contributed by atoms with E-state index in [-0.39, 0.29) is 11.2 Å². The zero-order valence-corrected chi connectivity index (χ0v) is 16.3. The molecule has 0 spiro atoms. The zero-order valence-electron chi connectivity index (χ0n) is 15.5. The summed E-state index contributed by atoms with van der Waals surface area (Å²) in [7, 11) is 1.63. The molecule has 0 N–H and O–H groups in total. The maximum absolute atomic E-state index is 12.0. The van der Waals surface area contributed by atoms with Crippen molar-refractivity contribution < 1.29 is 14.3 Å². The number of nitrogens with zero attached hydrogens (tertiary/aromatic N) is 3. The first-order valence-electron chi connectivity index (χ1n) is 8.62. The van der Waals surface area contributed by atoms with Crippen LogP contribution in [0.2, 0.25) is 0 Å². The summed E-state index contributed by atoms with van der Waals surface area (Å²) in [6.45, 7) is 3.95. The molecule has 0 aliphatic rings. The smallest absolute Gasteiger partial charge is 0.319 e. The van der Waals surface area contributed by atoms with E-state index in [1.54, 1.807) is 21.0 Å². The Kier molecular flexibility index (Phi) is 6.13. The topological polar surface area (TPSA) is 66.2 Å². The highest BCUT2D eigenvalue weighted by molar-refractivity contribution is 8.00. The average molecular weight is 383 g/mol. The first-order valence-corrected chi connectivity index (χ1v) is 9.50. The third-order valence-corrected chi connectivity index (χ3v) is 4.92. The van der Waals surface area contributed by atoms with Gasteiger partial charge in [-0.05, 0) is 50.2 Å². The second kappa shape index (κ2) is 8.73. The summed E-state index contributed by atoms with van der Waals surface area (Å²) in [6.07, 6.45) is 0. The highest BCUT2D eigenvalue weighted by Crippen LogP contribution is 2.31. The summed E-state index contributed by atoms with van der Waals surface area (Å²) in [5.41, 5.74) is 1.83. The van der Waals surface area contributed by atoms with Gasteiger partial charge in [-0.3, -0.25) is 9.36 Å². The van der Waals surface area contributed by atoms with E-state index in [0.29, 0.717) is 17.6 Å². The number of thioether (sulfide) groups is 1. The van der Waals surface area contributed by atoms with Crippen LogP contribution < -0.4 is 4.74 Å². The van der Waals surface area contributed by atoms with E-state index in [2.05, 4.69) is 10.2 Å². The maximum atomic E-state index is 12.0. The van der Waals surface area contributed by atoms with Gasteiger partial charge in [0.25, 0.3) is 0 Å². The lowest BCUT2D eigenvalue weighted by atomic mass is 10.2. The van der Waals surface area contributed by atoms with Crippen molar-refractivity contribution in [3.8, 4) is 22.8 Å². The molecule has 0 saturated carbocycles. The van der Waals surface area contributed by atoms with Gasteiger partial charge < -0.3 is 9.47 Å². The zero-order chi connectivity index (χ0) is 19.2. The van der Waals surface area contributed by atoms with Gasteiger partial charge in [0.15, 0.2) is 11.0 Å². The van der Waals surface area contributed by atoms with Gasteiger partial charge in [-0.25, -0.2) is 0 Å². The summed E-state index contributed by atoms with van der Waals surface area (Å²) in [6, 6.07) is 17.5. The summed E-state index contributed by atoms with van der Waals surface area (Å²) in [5.74, 6) is 1.20. The number of aromatic nitrogens is 3. The SMILES string of the molecule is CCOC(=O)[C@@H](C)Sc1nnc(-c2ccc(OC)cc2)n1-c1ccccc1. The average Bonchev–Trinajstić information content (AvgIpc) is 3.12. The normalized spacial score (nSPS) is 11.8. The standard InChI is InChI=1S/C20H21N3O3S/c1-4-26-19(24)14(2)27-20-22-21-18(15-10-12-17(25-3)13-11-15)23(20)16-8-6-5-7-9-16/h5-14H,4H2,1-3H3/t14-/m1/s1. The Morgan fingerprint density at radius 3 is 2.44 bits per heavy atom. The Morgan fingerprint density at radius 1 is 1.11 bits per heavy atom. The van der Waals surface area contributed by atoms with Crippen molar-refractivity contribution in [1.29, 1.82) is 0 Å². The number of rotatable bonds is 7. The van der Waals surface area contributed by atoms with E-state index in [4.69, 9.17) is 9.47 Å². The van der Waals surface area contributed by atoms with E-state index in [1.807, 2.05) is 59.2 Å². The van der Waals surface area contributed by atoms with Crippen molar-refractivity contribution in [3.63, 3.8) is 0 Å². The van der Waals surface area contributed by atoms with Crippen molar-refractivity contribution in [2.75, 3.05) is 13.7 Å². The van der Waals surface area contributed by atoms with Crippen molar-refractivity contribution in [2.45, 2.75) is 24.3 Å². The fraction of sp³-hybridized carbons (Fsp3) is 0.250. The molecule has 0 fully saturated rings. The fourth-order valence-electron chi connectivity index (χ4n) is 2.55. The van der Waals surface area contributed by atoms with Crippen LogP contribution in [0.15, 0.2) is 59.8 Å². The minimum atomic E-state index is -0.389. The van der Waals surface area contributed by atoms with Crippen LogP contribution in [0.3, 0.4) is 0 Å². The monoisotopic (exact) mass is 383 g/mol. The number of carbonyl (C=O) groups excluding carboxylic acids is 1. The second-order valence-electron chi connectivity index (χ2n) is 5.72. The Bertz CT molecular complexity index is 895. The number of benzene rings is 2. The Balaban J connectivity index is 2.01. The summed E-state index contributed by atoms with van der Waals surface area (Å²) >= 11 is 1.33. The number of esters is 1. The maximum Gasteiger partial charge on any atom is 0.319 e. The molecule has 0 aliphatic heterocycles. The van der Waals surface area contributed by atoms with E-state index >= 15 is 0 Å². The van der Waals surface area contributed by atoms with Crippen LogP contribution >= 0.6 is 11.8 Å². The predicted molar refractivity (Wildman–Crippen MR) is 105 cm³/mol. The predicted octanol–water partition coefficient (Wildman–Crippen LogP) is 3.99. The largest absolute Gasteiger partial charge is 0.497 e. The van der Waals surface area contributed by atoms with Gasteiger partial charge in [0, 0.05) is 11.3 Å². The van der Waals surface area contributed by atoms with Crippen LogP contribution in [0.25, 0.3) is 17.1 Å². The quantitative estimate of drug-likeness (QED) is 0.454. The summed E-state index contributed by atoms with van der Waals surface area (Å²) in [4.78, 5) is 12.0. The van der Waals surface area contributed by atoms with Gasteiger partial charge in [-0.1, -0.05) is 30.0 Å². The molecule has 0 bridgehead atoms. The summed E-state index contributed by atoms with van der Waals surface area (Å²) in [5, 5.41) is 8.95. The minimum absolute atomic E-state index is 0.267. The van der Waals surface area contributed by atoms with Crippen LogP contribution in [0.5, 0.6) is 5.75 Å². The first-order chi connectivity index (χ1) is 13.1. The second-order valence-corrected chi connectivity index (χ2v) is 7.03. The lowest BCUT2D eigenvalue weighted by Crippen LogP contribution is -2.17. The summed E-state index contributed by atoms with van der Waals surface area (Å²) < 4.78 is 12.3. The van der Waals surface area contributed by atoms with E-state index in [1.165, 1.54) is 11.8 Å². The molecule has 3 rings (SSSR count). The number of hydrogen-bond donors (Lipinski definition) is 0. The molecule has 7 heteroatoms. The molecule has 6 nitrogen and oxygen atoms in total. The van der Waals surface area contributed by atoms with Gasteiger partial charge in [0.05, 0.1) is 13.7 Å². The molecule has 1 atom stereocenters. The van der Waals surface area contributed by atoms with Crippen molar-refractivity contribution in [2.24, 2.45) is 0 Å². The van der Waals surface area contributed by atoms with Gasteiger partial charge >= 0.3 is 5.97 Å². The molecule has 0 amide bonds. The molecule has 1 aromatic heterocycles. The van der Waals surface area contributed by atoms with Crippen LogP contribution in [-0.4, -0.2) is 39.7 Å². The van der Waals surface area contributed by atoms with Crippen LogP contribution in [0.1, 0.15) is 13.8 Å². The third-order valence-electron chi connectivity index (χ3n) is 3.90. The lowest BCUT2D eigenvalue weighted by molar-refractivity contribution is -0.142. The molecular weight excluding hydrogens is 362 g/mol. The van der Waals surface area contributed by atoms with E-state index in [0.717, 1.165) is 17.0 Å².